The van der Waals surface area contributed by atoms with Gasteiger partial charge in [0, 0.05) is 60.6 Å². The predicted octanol–water partition coefficient (Wildman–Crippen LogP) is 1.47. The maximum atomic E-state index is 14.5. The van der Waals surface area contributed by atoms with Gasteiger partial charge in [-0.25, -0.2) is 23.5 Å². The average molecular weight is 542 g/mol. The molecular weight excluding hydrogens is 516 g/mol. The first-order valence-electron chi connectivity index (χ1n) is 12.3. The molecule has 1 atom stereocenters. The van der Waals surface area contributed by atoms with Gasteiger partial charge in [-0.2, -0.15) is 0 Å². The number of ether oxygens (including phenoxy) is 2. The second-order valence-electron chi connectivity index (χ2n) is 10.0. The van der Waals surface area contributed by atoms with Crippen LogP contribution in [0.2, 0.25) is 0 Å². The third-order valence-corrected chi connectivity index (χ3v) is 7.42. The molecule has 3 aliphatic rings. The summed E-state index contributed by atoms with van der Waals surface area (Å²) in [6.45, 7) is 3.83. The minimum Gasteiger partial charge on any atom is -0.405 e. The quantitative estimate of drug-likeness (QED) is 0.204. The van der Waals surface area contributed by atoms with E-state index in [2.05, 4.69) is 20.2 Å². The lowest BCUT2D eigenvalue weighted by atomic mass is 10.1. The Labute approximate surface area is 220 Å². The second kappa shape index (κ2) is 8.86. The first-order valence-corrected chi connectivity index (χ1v) is 12.3. The van der Waals surface area contributed by atoms with Crippen molar-refractivity contribution in [1.82, 2.24) is 19.7 Å². The molecule has 3 aromatic heterocycles. The number of amides is 1. The number of anilines is 3. The van der Waals surface area contributed by atoms with E-state index in [9.17, 15) is 23.2 Å². The minimum absolute atomic E-state index is 0.00861. The number of esters is 1. The standard InChI is InChI=1S/C25H25F2N7O5/c1-14-10-33-11-18(15(20(26)27)8-19(33)31-14)34-22-16(9-25(34,38-13-35)39-23(37)21(28)36)17(2-5-29-22)32-7-6-30-24(12-32)3-4-24/h2,5,8,10-11,13,20,30H,3-4,6-7,9,12H2,1H3,(H2,28,36). The SMILES string of the molecule is Cc1cn2cc(N3c4nccc(N5CCNC6(CC6)C5)c4CC3(OC=O)OC(=O)C(N)=O)c(C(F)F)cc2n1. The largest absolute Gasteiger partial charge is 0.405 e. The Hall–Kier alpha value is -4.33. The van der Waals surface area contributed by atoms with E-state index in [4.69, 9.17) is 15.2 Å². The van der Waals surface area contributed by atoms with E-state index >= 15 is 0 Å². The maximum absolute atomic E-state index is 14.5. The first kappa shape index (κ1) is 25.0. The van der Waals surface area contributed by atoms with E-state index in [1.165, 1.54) is 22.9 Å². The predicted molar refractivity (Wildman–Crippen MR) is 132 cm³/mol. The summed E-state index contributed by atoms with van der Waals surface area (Å²) in [7, 11) is 0. The van der Waals surface area contributed by atoms with Gasteiger partial charge in [-0.3, -0.25) is 14.5 Å². The van der Waals surface area contributed by atoms with Crippen molar-refractivity contribution in [3.05, 3.63) is 47.5 Å². The molecule has 0 bridgehead atoms. The summed E-state index contributed by atoms with van der Waals surface area (Å²) in [5, 5.41) is 3.53. The van der Waals surface area contributed by atoms with E-state index in [1.807, 2.05) is 0 Å². The number of rotatable bonds is 6. The van der Waals surface area contributed by atoms with E-state index in [-0.39, 0.29) is 35.6 Å². The van der Waals surface area contributed by atoms with Gasteiger partial charge in [0.25, 0.3) is 12.9 Å². The third kappa shape index (κ3) is 4.11. The Morgan fingerprint density at radius 2 is 2.05 bits per heavy atom. The van der Waals surface area contributed by atoms with Crippen LogP contribution >= 0.6 is 0 Å². The molecule has 12 nitrogen and oxygen atoms in total. The maximum Gasteiger partial charge on any atom is 0.401 e. The summed E-state index contributed by atoms with van der Waals surface area (Å²) in [5.74, 6) is -5.17. The fourth-order valence-corrected chi connectivity index (χ4v) is 5.54. The molecule has 1 saturated heterocycles. The van der Waals surface area contributed by atoms with Crippen LogP contribution in [-0.2, 0) is 30.3 Å². The summed E-state index contributed by atoms with van der Waals surface area (Å²) in [5.41, 5.74) is 6.61. The molecule has 14 heteroatoms. The highest BCUT2D eigenvalue weighted by Crippen LogP contribution is 2.50. The summed E-state index contributed by atoms with van der Waals surface area (Å²) in [6, 6.07) is 2.98. The highest BCUT2D eigenvalue weighted by molar-refractivity contribution is 6.31. The minimum atomic E-state index is -2.99. The highest BCUT2D eigenvalue weighted by Gasteiger charge is 2.55. The van der Waals surface area contributed by atoms with Crippen LogP contribution in [0.1, 0.15) is 36.1 Å². The van der Waals surface area contributed by atoms with Crippen molar-refractivity contribution in [2.45, 2.75) is 44.1 Å². The van der Waals surface area contributed by atoms with Crippen LogP contribution < -0.4 is 20.9 Å². The molecule has 2 aliphatic heterocycles. The van der Waals surface area contributed by atoms with E-state index < -0.39 is 29.8 Å². The Balaban J connectivity index is 1.57. The van der Waals surface area contributed by atoms with Crippen LogP contribution in [0, 0.1) is 6.92 Å². The van der Waals surface area contributed by atoms with Gasteiger partial charge in [-0.15, -0.1) is 0 Å². The number of fused-ring (bicyclic) bond motifs is 2. The lowest BCUT2D eigenvalue weighted by molar-refractivity contribution is -0.214. The molecule has 39 heavy (non-hydrogen) atoms. The van der Waals surface area contributed by atoms with Crippen LogP contribution in [0.15, 0.2) is 30.7 Å². The number of halogens is 2. The summed E-state index contributed by atoms with van der Waals surface area (Å²) >= 11 is 0. The number of pyridine rings is 2. The van der Waals surface area contributed by atoms with Gasteiger partial charge in [-0.1, -0.05) is 0 Å². The molecule has 1 unspecified atom stereocenters. The van der Waals surface area contributed by atoms with Gasteiger partial charge in [0.1, 0.15) is 11.5 Å². The topological polar surface area (TPSA) is 144 Å². The lowest BCUT2D eigenvalue weighted by Gasteiger charge is -2.36. The van der Waals surface area contributed by atoms with Crippen molar-refractivity contribution < 1.29 is 32.6 Å². The number of aryl methyl sites for hydroxylation is 1. The Morgan fingerprint density at radius 1 is 1.26 bits per heavy atom. The molecule has 3 aromatic rings. The summed E-state index contributed by atoms with van der Waals surface area (Å²) in [6.07, 6.45) is 3.28. The van der Waals surface area contributed by atoms with Crippen molar-refractivity contribution in [2.24, 2.45) is 5.73 Å². The van der Waals surface area contributed by atoms with Crippen LogP contribution in [0.3, 0.4) is 0 Å². The van der Waals surface area contributed by atoms with Gasteiger partial charge in [-0.05, 0) is 31.9 Å². The van der Waals surface area contributed by atoms with Crippen molar-refractivity contribution in [3.8, 4) is 0 Å². The van der Waals surface area contributed by atoms with Crippen molar-refractivity contribution in [2.75, 3.05) is 29.4 Å². The zero-order valence-electron chi connectivity index (χ0n) is 20.9. The molecule has 1 saturated carbocycles. The van der Waals surface area contributed by atoms with E-state index in [0.29, 0.717) is 24.3 Å². The lowest BCUT2D eigenvalue weighted by Crippen LogP contribution is -2.53. The molecule has 6 rings (SSSR count). The number of nitrogens with zero attached hydrogens (tertiary/aromatic N) is 5. The van der Waals surface area contributed by atoms with Gasteiger partial charge in [0.15, 0.2) is 0 Å². The smallest absolute Gasteiger partial charge is 0.401 e. The number of carbonyl (C=O) groups is 3. The first-order chi connectivity index (χ1) is 18.7. The number of piperazine rings is 1. The number of nitrogens with two attached hydrogens (primary N) is 1. The van der Waals surface area contributed by atoms with Crippen LogP contribution in [0.4, 0.5) is 26.0 Å². The fourth-order valence-electron chi connectivity index (χ4n) is 5.54. The number of primary amides is 1. The van der Waals surface area contributed by atoms with Gasteiger partial charge < -0.3 is 29.8 Å². The normalized spacial score (nSPS) is 21.3. The van der Waals surface area contributed by atoms with Crippen molar-refractivity contribution in [3.63, 3.8) is 0 Å². The molecule has 1 spiro atoms. The van der Waals surface area contributed by atoms with E-state index in [1.54, 1.807) is 19.2 Å². The van der Waals surface area contributed by atoms with Crippen molar-refractivity contribution >= 4 is 41.2 Å². The number of alkyl halides is 2. The number of aromatic nitrogens is 3. The molecule has 204 valence electrons. The Bertz CT molecular complexity index is 1510. The second-order valence-corrected chi connectivity index (χ2v) is 10.0. The fraction of sp³-hybridized carbons (Fsp3) is 0.400. The van der Waals surface area contributed by atoms with Gasteiger partial charge >= 0.3 is 17.8 Å². The number of hydrogen-bond acceptors (Lipinski definition) is 10. The molecule has 3 N–H and O–H groups in total. The number of imidazole rings is 1. The molecule has 2 fully saturated rings. The molecule has 0 radical (unpaired) electrons. The highest BCUT2D eigenvalue weighted by atomic mass is 19.3. The zero-order chi connectivity index (χ0) is 27.5. The summed E-state index contributed by atoms with van der Waals surface area (Å²) < 4.78 is 41.3. The summed E-state index contributed by atoms with van der Waals surface area (Å²) in [4.78, 5) is 48.0. The van der Waals surface area contributed by atoms with Crippen LogP contribution in [0.5, 0.6) is 0 Å². The molecule has 5 heterocycles. The van der Waals surface area contributed by atoms with Crippen LogP contribution in [0.25, 0.3) is 5.65 Å². The zero-order valence-corrected chi connectivity index (χ0v) is 20.9. The van der Waals surface area contributed by atoms with Crippen molar-refractivity contribution in [1.29, 1.82) is 0 Å². The average Bonchev–Trinajstić information content (AvgIpc) is 3.39. The third-order valence-electron chi connectivity index (χ3n) is 7.42. The Kier molecular flexibility index (Phi) is 5.68. The number of nitrogens with one attached hydrogen (secondary N) is 1. The number of carbonyl (C=O) groups excluding carboxylic acids is 3. The van der Waals surface area contributed by atoms with E-state index in [0.717, 1.165) is 30.0 Å². The van der Waals surface area contributed by atoms with Crippen LogP contribution in [-0.4, -0.2) is 63.8 Å². The molecule has 1 aliphatic carbocycles. The van der Waals surface area contributed by atoms with Gasteiger partial charge in [0.05, 0.1) is 17.8 Å². The Morgan fingerprint density at radius 3 is 2.74 bits per heavy atom. The van der Waals surface area contributed by atoms with Gasteiger partial charge in [0.2, 0.25) is 0 Å². The molecular formula is C25H25F2N7O5. The molecule has 1 amide bonds. The molecule has 0 aromatic carbocycles. The monoisotopic (exact) mass is 541 g/mol. The number of hydrogen-bond donors (Lipinski definition) is 2.